The van der Waals surface area contributed by atoms with E-state index in [-0.39, 0.29) is 25.0 Å². The van der Waals surface area contributed by atoms with Crippen LogP contribution in [0.3, 0.4) is 0 Å². The first-order valence-electron chi connectivity index (χ1n) is 3.92. The topological polar surface area (TPSA) is 30.0 Å². The second-order valence-corrected chi connectivity index (χ2v) is 3.93. The first-order valence-corrected chi connectivity index (χ1v) is 3.92. The monoisotopic (exact) mass is 231 g/mol. The second-order valence-electron chi connectivity index (χ2n) is 3.93. The van der Waals surface area contributed by atoms with E-state index >= 15 is 0 Å². The van der Waals surface area contributed by atoms with Crippen LogP contribution in [0.2, 0.25) is 0 Å². The van der Waals surface area contributed by atoms with Crippen molar-refractivity contribution in [2.75, 3.05) is 21.1 Å². The smallest absolute Gasteiger partial charge is 0.104 e. The van der Waals surface area contributed by atoms with Gasteiger partial charge >= 0.3 is 0 Å². The molecule has 0 unspecified atom stereocenters. The van der Waals surface area contributed by atoms with E-state index < -0.39 is 0 Å². The maximum atomic E-state index is 2.20. The fourth-order valence-electron chi connectivity index (χ4n) is 1.13. The zero-order valence-corrected chi connectivity index (χ0v) is 11.7. The van der Waals surface area contributed by atoms with Gasteiger partial charge in [-0.1, -0.05) is 30.3 Å². The Kier molecular flexibility index (Phi) is 7.33. The largest absolute Gasteiger partial charge is 0.870 e. The zero-order chi connectivity index (χ0) is 8.32. The van der Waals surface area contributed by atoms with E-state index in [2.05, 4.69) is 51.5 Å². The van der Waals surface area contributed by atoms with Crippen LogP contribution in [0.25, 0.3) is 0 Å². The van der Waals surface area contributed by atoms with Gasteiger partial charge in [-0.15, -0.1) is 0 Å². The number of nitrogens with zero attached hydrogens (tertiary/aromatic N) is 1. The molecule has 2 nitrogen and oxygen atoms in total. The Labute approximate surface area is 93.2 Å². The minimum atomic E-state index is 0. The van der Waals surface area contributed by atoms with Crippen molar-refractivity contribution in [2.45, 2.75) is 6.54 Å². The van der Waals surface area contributed by atoms with Crippen molar-refractivity contribution in [3.05, 3.63) is 35.9 Å². The van der Waals surface area contributed by atoms with Crippen LogP contribution in [-0.4, -0.2) is 31.1 Å². The molecule has 0 bridgehead atoms. The van der Waals surface area contributed by atoms with Gasteiger partial charge in [-0.2, -0.15) is 0 Å². The second kappa shape index (κ2) is 6.25. The first-order chi connectivity index (χ1) is 5.08. The third kappa shape index (κ3) is 6.88. The van der Waals surface area contributed by atoms with Gasteiger partial charge in [0.2, 0.25) is 0 Å². The van der Waals surface area contributed by atoms with Crippen LogP contribution in [0.1, 0.15) is 5.56 Å². The Bertz CT molecular complexity index is 218. The molecule has 0 amide bonds. The Balaban J connectivity index is 0. The third-order valence-electron chi connectivity index (χ3n) is 1.50. The molecular weight excluding hydrogens is 216 g/mol. The number of hydrogen-bond acceptors (Lipinski definition) is 1. The van der Waals surface area contributed by atoms with Gasteiger partial charge in [-0.3, -0.25) is 0 Å². The maximum Gasteiger partial charge on any atom is 0.104 e. The molecule has 0 radical (unpaired) electrons. The summed E-state index contributed by atoms with van der Waals surface area (Å²) in [5, 5.41) is 0. The summed E-state index contributed by atoms with van der Waals surface area (Å²) in [7, 11) is 6.60. The average Bonchev–Trinajstić information content (AvgIpc) is 1.85. The number of hydrogen-bond donors (Lipinski definition) is 0. The summed E-state index contributed by atoms with van der Waals surface area (Å²) in [6, 6.07) is 10.6. The molecule has 0 heterocycles. The van der Waals surface area contributed by atoms with Gasteiger partial charge in [-0.05, 0) is 0 Å². The Morgan fingerprint density at radius 1 is 1.00 bits per heavy atom. The van der Waals surface area contributed by atoms with Crippen molar-refractivity contribution in [3.8, 4) is 0 Å². The molecule has 0 fully saturated rings. The predicted octanol–water partition coefficient (Wildman–Crippen LogP) is 1.71. The standard InChI is InChI=1S/C10H16N.H2O.Zn/c1-11(2,3)9-10-7-5-4-6-8-10;;/h4-8H,9H2,1-3H3;1H2;/q+1;;/p-1. The normalized spacial score (nSPS) is 9.77. The Morgan fingerprint density at radius 2 is 1.46 bits per heavy atom. The van der Waals surface area contributed by atoms with Gasteiger partial charge in [0.15, 0.2) is 0 Å². The molecule has 70 valence electrons. The molecule has 0 saturated heterocycles. The van der Waals surface area contributed by atoms with Gasteiger partial charge < -0.3 is 9.96 Å². The summed E-state index contributed by atoms with van der Waals surface area (Å²) in [5.74, 6) is 0. The minimum Gasteiger partial charge on any atom is -0.870 e. The molecule has 3 heteroatoms. The van der Waals surface area contributed by atoms with Crippen LogP contribution in [-0.2, 0) is 26.0 Å². The molecule has 0 aliphatic rings. The van der Waals surface area contributed by atoms with Gasteiger partial charge in [0.1, 0.15) is 6.54 Å². The minimum absolute atomic E-state index is 0. The molecule has 0 aliphatic heterocycles. The number of quaternary nitrogens is 1. The molecule has 13 heavy (non-hydrogen) atoms. The van der Waals surface area contributed by atoms with Gasteiger partial charge in [0.25, 0.3) is 0 Å². The van der Waals surface area contributed by atoms with E-state index in [1.165, 1.54) is 5.56 Å². The quantitative estimate of drug-likeness (QED) is 0.564. The van der Waals surface area contributed by atoms with E-state index in [0.29, 0.717) is 0 Å². The van der Waals surface area contributed by atoms with Crippen LogP contribution in [0, 0.1) is 0 Å². The van der Waals surface area contributed by atoms with E-state index in [0.717, 1.165) is 11.0 Å². The zero-order valence-electron chi connectivity index (χ0n) is 8.70. The predicted molar refractivity (Wildman–Crippen MR) is 50.1 cm³/mol. The molecule has 1 N–H and O–H groups in total. The fraction of sp³-hybridized carbons (Fsp3) is 0.400. The Morgan fingerprint density at radius 3 is 1.85 bits per heavy atom. The molecule has 0 atom stereocenters. The van der Waals surface area contributed by atoms with Crippen LogP contribution in [0.4, 0.5) is 0 Å². The van der Waals surface area contributed by atoms with Crippen molar-refractivity contribution in [1.82, 2.24) is 0 Å². The summed E-state index contributed by atoms with van der Waals surface area (Å²) in [6.07, 6.45) is 0. The van der Waals surface area contributed by atoms with Crippen LogP contribution < -0.4 is 0 Å². The number of benzene rings is 1. The van der Waals surface area contributed by atoms with Crippen molar-refractivity contribution in [2.24, 2.45) is 0 Å². The Hall–Kier alpha value is -0.237. The fourth-order valence-corrected chi connectivity index (χ4v) is 1.13. The molecule has 0 aliphatic carbocycles. The SMILES string of the molecule is C[N+](C)(C)Cc1ccccc1.[OH-].[Zn]. The van der Waals surface area contributed by atoms with Crippen LogP contribution in [0.15, 0.2) is 30.3 Å². The van der Waals surface area contributed by atoms with Crippen LogP contribution in [0.5, 0.6) is 0 Å². The van der Waals surface area contributed by atoms with Gasteiger partial charge in [0.05, 0.1) is 21.1 Å². The molecule has 1 aromatic carbocycles. The molecule has 0 aromatic heterocycles. The van der Waals surface area contributed by atoms with Crippen molar-refractivity contribution < 1.29 is 29.4 Å². The summed E-state index contributed by atoms with van der Waals surface area (Å²) in [5.41, 5.74) is 1.40. The summed E-state index contributed by atoms with van der Waals surface area (Å²) in [4.78, 5) is 0. The van der Waals surface area contributed by atoms with Crippen LogP contribution >= 0.6 is 0 Å². The molecule has 1 aromatic rings. The van der Waals surface area contributed by atoms with Gasteiger partial charge in [-0.25, -0.2) is 0 Å². The van der Waals surface area contributed by atoms with E-state index in [1.54, 1.807) is 0 Å². The average molecular weight is 233 g/mol. The third-order valence-corrected chi connectivity index (χ3v) is 1.50. The first kappa shape index (κ1) is 15.2. The van der Waals surface area contributed by atoms with Crippen molar-refractivity contribution >= 4 is 0 Å². The maximum absolute atomic E-state index is 2.20. The summed E-state index contributed by atoms with van der Waals surface area (Å²) < 4.78 is 0.990. The van der Waals surface area contributed by atoms with Gasteiger partial charge in [0, 0.05) is 25.0 Å². The number of rotatable bonds is 2. The van der Waals surface area contributed by atoms with E-state index in [4.69, 9.17) is 0 Å². The van der Waals surface area contributed by atoms with Crippen molar-refractivity contribution in [3.63, 3.8) is 0 Å². The summed E-state index contributed by atoms with van der Waals surface area (Å²) >= 11 is 0. The molecule has 1 rings (SSSR count). The summed E-state index contributed by atoms with van der Waals surface area (Å²) in [6.45, 7) is 1.10. The molecule has 0 saturated carbocycles. The van der Waals surface area contributed by atoms with E-state index in [1.807, 2.05) is 0 Å². The van der Waals surface area contributed by atoms with Crippen molar-refractivity contribution in [1.29, 1.82) is 0 Å². The molecular formula is C10H17NOZn. The molecule has 0 spiro atoms. The van der Waals surface area contributed by atoms with E-state index in [9.17, 15) is 0 Å².